The lowest BCUT2D eigenvalue weighted by atomic mass is 10.1. The van der Waals surface area contributed by atoms with Crippen molar-refractivity contribution in [1.29, 1.82) is 0 Å². The highest BCUT2D eigenvalue weighted by Gasteiger charge is 2.28. The molecule has 0 unspecified atom stereocenters. The van der Waals surface area contributed by atoms with Crippen LogP contribution < -0.4 is 9.62 Å². The molecule has 1 N–H and O–H groups in total. The van der Waals surface area contributed by atoms with Gasteiger partial charge in [-0.3, -0.25) is 9.52 Å². The highest BCUT2D eigenvalue weighted by molar-refractivity contribution is 7.92. The van der Waals surface area contributed by atoms with Gasteiger partial charge < -0.3 is 9.32 Å². The first-order valence-electron chi connectivity index (χ1n) is 8.62. The van der Waals surface area contributed by atoms with Crippen LogP contribution in [0.2, 0.25) is 0 Å². The second-order valence-corrected chi connectivity index (χ2v) is 8.19. The van der Waals surface area contributed by atoms with Gasteiger partial charge in [-0.15, -0.1) is 0 Å². The van der Waals surface area contributed by atoms with Gasteiger partial charge in [-0.2, -0.15) is 0 Å². The van der Waals surface area contributed by atoms with Crippen molar-refractivity contribution in [3.63, 3.8) is 0 Å². The summed E-state index contributed by atoms with van der Waals surface area (Å²) in [5.41, 5.74) is 2.21. The van der Waals surface area contributed by atoms with E-state index in [1.807, 2.05) is 0 Å². The lowest BCUT2D eigenvalue weighted by Crippen LogP contribution is -2.28. The van der Waals surface area contributed by atoms with Crippen molar-refractivity contribution in [2.45, 2.75) is 18.2 Å². The maximum Gasteiger partial charge on any atom is 0.293 e. The summed E-state index contributed by atoms with van der Waals surface area (Å²) >= 11 is 0. The predicted molar refractivity (Wildman–Crippen MR) is 102 cm³/mol. The molecule has 0 fully saturated rings. The molecular formula is C20H17FN2O4S. The number of aryl methyl sites for hydroxylation is 1. The molecule has 0 saturated heterocycles. The Morgan fingerprint density at radius 2 is 2.00 bits per heavy atom. The summed E-state index contributed by atoms with van der Waals surface area (Å²) in [5.74, 6) is -0.556. The Bertz CT molecular complexity index is 1160. The number of sulfonamides is 1. The normalized spacial score (nSPS) is 13.4. The summed E-state index contributed by atoms with van der Waals surface area (Å²) in [6.45, 7) is 2.02. The van der Waals surface area contributed by atoms with Crippen LogP contribution in [0.3, 0.4) is 0 Å². The molecule has 8 heteroatoms. The molecule has 2 aromatic carbocycles. The van der Waals surface area contributed by atoms with E-state index in [1.54, 1.807) is 35.2 Å². The van der Waals surface area contributed by atoms with E-state index in [0.717, 1.165) is 11.6 Å². The van der Waals surface area contributed by atoms with Crippen molar-refractivity contribution < 1.29 is 22.0 Å². The number of nitrogens with one attached hydrogen (secondary N) is 1. The fraction of sp³-hybridized carbons (Fsp3) is 0.150. The van der Waals surface area contributed by atoms with Crippen LogP contribution in [-0.4, -0.2) is 20.9 Å². The van der Waals surface area contributed by atoms with Crippen LogP contribution >= 0.6 is 0 Å². The summed E-state index contributed by atoms with van der Waals surface area (Å²) in [6.07, 6.45) is 2.10. The summed E-state index contributed by atoms with van der Waals surface area (Å²) in [5, 5.41) is 0. The van der Waals surface area contributed by atoms with Crippen LogP contribution in [-0.2, 0) is 16.4 Å². The number of furan rings is 1. The Hall–Kier alpha value is -3.13. The average Bonchev–Trinajstić information content (AvgIpc) is 3.30. The van der Waals surface area contributed by atoms with Gasteiger partial charge in [0.1, 0.15) is 5.82 Å². The third kappa shape index (κ3) is 3.27. The van der Waals surface area contributed by atoms with E-state index in [0.29, 0.717) is 29.9 Å². The Labute approximate surface area is 161 Å². The van der Waals surface area contributed by atoms with Crippen molar-refractivity contribution >= 4 is 27.3 Å². The van der Waals surface area contributed by atoms with Crippen LogP contribution in [0.5, 0.6) is 0 Å². The van der Waals surface area contributed by atoms with E-state index >= 15 is 0 Å². The molecule has 2 heterocycles. The number of carbonyl (C=O) groups excluding carboxylic acids is 1. The monoisotopic (exact) mass is 400 g/mol. The van der Waals surface area contributed by atoms with Gasteiger partial charge in [-0.1, -0.05) is 6.07 Å². The van der Waals surface area contributed by atoms with E-state index in [2.05, 4.69) is 4.72 Å². The van der Waals surface area contributed by atoms with Gasteiger partial charge in [0.2, 0.25) is 0 Å². The van der Waals surface area contributed by atoms with E-state index in [9.17, 15) is 17.6 Å². The molecule has 1 aliphatic heterocycles. The predicted octanol–water partition coefficient (Wildman–Crippen LogP) is 3.73. The molecule has 0 saturated carbocycles. The maximum absolute atomic E-state index is 13.3. The number of fused-ring (bicyclic) bond motifs is 1. The molecule has 0 radical (unpaired) electrons. The Balaban J connectivity index is 1.64. The van der Waals surface area contributed by atoms with E-state index in [-0.39, 0.29) is 16.6 Å². The molecule has 28 heavy (non-hydrogen) atoms. The third-order valence-electron chi connectivity index (χ3n) is 4.64. The first kappa shape index (κ1) is 18.2. The van der Waals surface area contributed by atoms with Gasteiger partial charge in [-0.05, 0) is 66.9 Å². The van der Waals surface area contributed by atoms with Crippen LogP contribution in [0, 0.1) is 12.7 Å². The SMILES string of the molecule is Cc1cc(F)ccc1S(=O)(=O)Nc1ccc2c(c1)N(C(=O)c1ccco1)CC2. The number of benzene rings is 2. The van der Waals surface area contributed by atoms with Crippen molar-refractivity contribution in [1.82, 2.24) is 0 Å². The van der Waals surface area contributed by atoms with Crippen LogP contribution in [0.15, 0.2) is 64.1 Å². The molecule has 1 aromatic heterocycles. The zero-order chi connectivity index (χ0) is 19.9. The minimum atomic E-state index is -3.90. The highest BCUT2D eigenvalue weighted by Crippen LogP contribution is 2.33. The number of halogens is 1. The van der Waals surface area contributed by atoms with E-state index in [4.69, 9.17) is 4.42 Å². The number of carbonyl (C=O) groups is 1. The van der Waals surface area contributed by atoms with E-state index < -0.39 is 15.8 Å². The second-order valence-electron chi connectivity index (χ2n) is 6.54. The van der Waals surface area contributed by atoms with Crippen LogP contribution in [0.4, 0.5) is 15.8 Å². The zero-order valence-electron chi connectivity index (χ0n) is 15.0. The molecular weight excluding hydrogens is 383 g/mol. The van der Waals surface area contributed by atoms with Crippen LogP contribution in [0.25, 0.3) is 0 Å². The minimum Gasteiger partial charge on any atom is -0.459 e. The molecule has 4 rings (SSSR count). The number of hydrogen-bond acceptors (Lipinski definition) is 4. The lowest BCUT2D eigenvalue weighted by molar-refractivity contribution is 0.0963. The fourth-order valence-electron chi connectivity index (χ4n) is 3.31. The van der Waals surface area contributed by atoms with Crippen molar-refractivity contribution in [2.24, 2.45) is 0 Å². The van der Waals surface area contributed by atoms with Gasteiger partial charge in [0.15, 0.2) is 5.76 Å². The second kappa shape index (κ2) is 6.79. The number of rotatable bonds is 4. The topological polar surface area (TPSA) is 79.6 Å². The Morgan fingerprint density at radius 1 is 1.18 bits per heavy atom. The molecule has 144 valence electrons. The summed E-state index contributed by atoms with van der Waals surface area (Å²) in [6, 6.07) is 11.8. The molecule has 1 amide bonds. The quantitative estimate of drug-likeness (QED) is 0.724. The van der Waals surface area contributed by atoms with Gasteiger partial charge in [0, 0.05) is 12.2 Å². The van der Waals surface area contributed by atoms with Crippen molar-refractivity contribution in [2.75, 3.05) is 16.2 Å². The first-order valence-corrected chi connectivity index (χ1v) is 10.1. The smallest absolute Gasteiger partial charge is 0.293 e. The molecule has 0 bridgehead atoms. The molecule has 1 aliphatic rings. The molecule has 6 nitrogen and oxygen atoms in total. The summed E-state index contributed by atoms with van der Waals surface area (Å²) < 4.78 is 46.4. The standard InChI is InChI=1S/C20H17FN2O4S/c1-13-11-15(21)5-7-19(13)28(25,26)22-16-6-4-14-8-9-23(17(14)12-16)20(24)18-3-2-10-27-18/h2-7,10-12,22H,8-9H2,1H3. The number of nitrogens with zero attached hydrogens (tertiary/aromatic N) is 1. The van der Waals surface area contributed by atoms with Crippen molar-refractivity contribution in [3.05, 3.63) is 77.5 Å². The van der Waals surface area contributed by atoms with Gasteiger partial charge in [-0.25, -0.2) is 12.8 Å². The minimum absolute atomic E-state index is 0.00193. The number of hydrogen-bond donors (Lipinski definition) is 1. The zero-order valence-corrected chi connectivity index (χ0v) is 15.8. The summed E-state index contributed by atoms with van der Waals surface area (Å²) in [7, 11) is -3.90. The summed E-state index contributed by atoms with van der Waals surface area (Å²) in [4.78, 5) is 14.2. The largest absolute Gasteiger partial charge is 0.459 e. The first-order chi connectivity index (χ1) is 13.3. The highest BCUT2D eigenvalue weighted by atomic mass is 32.2. The van der Waals surface area contributed by atoms with Gasteiger partial charge in [0.05, 0.1) is 16.8 Å². The van der Waals surface area contributed by atoms with Gasteiger partial charge >= 0.3 is 0 Å². The third-order valence-corrected chi connectivity index (χ3v) is 6.18. The molecule has 3 aromatic rings. The van der Waals surface area contributed by atoms with E-state index in [1.165, 1.54) is 25.3 Å². The molecule has 0 spiro atoms. The Morgan fingerprint density at radius 3 is 2.71 bits per heavy atom. The van der Waals surface area contributed by atoms with Crippen molar-refractivity contribution in [3.8, 4) is 0 Å². The lowest BCUT2D eigenvalue weighted by Gasteiger charge is -2.17. The Kier molecular flexibility index (Phi) is 4.43. The maximum atomic E-state index is 13.3. The average molecular weight is 400 g/mol. The van der Waals surface area contributed by atoms with Crippen LogP contribution in [0.1, 0.15) is 21.7 Å². The number of amides is 1. The van der Waals surface area contributed by atoms with Gasteiger partial charge in [0.25, 0.3) is 15.9 Å². The molecule has 0 aliphatic carbocycles. The fourth-order valence-corrected chi connectivity index (χ4v) is 4.59. The number of anilines is 2. The molecule has 0 atom stereocenters.